The zero-order valence-electron chi connectivity index (χ0n) is 27.2. The van der Waals surface area contributed by atoms with Gasteiger partial charge in [0.15, 0.2) is 6.29 Å². The van der Waals surface area contributed by atoms with Crippen LogP contribution in [0.15, 0.2) is 103 Å². The number of halogens is 1. The quantitative estimate of drug-likeness (QED) is 0.164. The molecule has 7 rings (SSSR count). The van der Waals surface area contributed by atoms with Crippen molar-refractivity contribution in [2.45, 2.75) is 50.5 Å². The average molecular weight is 679 g/mol. The summed E-state index contributed by atoms with van der Waals surface area (Å²) in [6, 6.07) is 30.2. The number of ether oxygens (including phenoxy) is 2. The van der Waals surface area contributed by atoms with Crippen LogP contribution in [0.5, 0.6) is 0 Å². The molecule has 5 aromatic rings. The van der Waals surface area contributed by atoms with Gasteiger partial charge >= 0.3 is 0 Å². The van der Waals surface area contributed by atoms with Gasteiger partial charge in [0.05, 0.1) is 41.6 Å². The van der Waals surface area contributed by atoms with Crippen LogP contribution < -0.4 is 5.32 Å². The number of carbonyl (C=O) groups is 1. The predicted octanol–water partition coefficient (Wildman–Crippen LogP) is 6.80. The van der Waals surface area contributed by atoms with Crippen LogP contribution in [0.3, 0.4) is 0 Å². The first-order valence-electron chi connectivity index (χ1n) is 16.6. The second-order valence-electron chi connectivity index (χ2n) is 13.0. The Morgan fingerprint density at radius 2 is 1.67 bits per heavy atom. The van der Waals surface area contributed by atoms with Crippen molar-refractivity contribution in [3.8, 4) is 0 Å². The van der Waals surface area contributed by atoms with Gasteiger partial charge in [-0.1, -0.05) is 79.2 Å². The molecule has 4 atom stereocenters. The van der Waals surface area contributed by atoms with E-state index in [2.05, 4.69) is 27.1 Å². The van der Waals surface area contributed by atoms with Crippen molar-refractivity contribution in [3.63, 3.8) is 0 Å². The van der Waals surface area contributed by atoms with Crippen molar-refractivity contribution in [2.75, 3.05) is 25.0 Å². The number of nitrogens with one attached hydrogen (secondary N) is 1. The SMILES string of the molecule is CC1C(CN2CCC(O)(c3ccc(Cl)cc3)CC2)OC(c2cccc(NC(=O)c3cnc4ccccc4n3)c2)OC1c1ccc(CO)cc1. The number of hydrogen-bond acceptors (Lipinski definition) is 8. The minimum Gasteiger partial charge on any atom is -0.392 e. The fourth-order valence-corrected chi connectivity index (χ4v) is 6.89. The number of aromatic nitrogens is 2. The van der Waals surface area contributed by atoms with Crippen LogP contribution in [0.25, 0.3) is 11.0 Å². The van der Waals surface area contributed by atoms with Crippen molar-refractivity contribution in [2.24, 2.45) is 5.92 Å². The van der Waals surface area contributed by atoms with Crippen molar-refractivity contribution in [1.29, 1.82) is 0 Å². The average Bonchev–Trinajstić information content (AvgIpc) is 3.13. The summed E-state index contributed by atoms with van der Waals surface area (Å²) in [4.78, 5) is 24.4. The number of nitrogens with zero attached hydrogens (tertiary/aromatic N) is 3. The second-order valence-corrected chi connectivity index (χ2v) is 13.4. The molecule has 10 heteroatoms. The number of benzene rings is 4. The van der Waals surface area contributed by atoms with Gasteiger partial charge in [-0.25, -0.2) is 4.98 Å². The number of piperidine rings is 1. The summed E-state index contributed by atoms with van der Waals surface area (Å²) in [5.74, 6) is -0.361. The normalized spacial score (nSPS) is 22.5. The summed E-state index contributed by atoms with van der Waals surface area (Å²) < 4.78 is 13.4. The minimum absolute atomic E-state index is 0.00247. The third kappa shape index (κ3) is 7.38. The molecule has 4 unspecified atom stereocenters. The van der Waals surface area contributed by atoms with Crippen molar-refractivity contribution in [3.05, 3.63) is 136 Å². The molecule has 0 spiro atoms. The maximum absolute atomic E-state index is 13.2. The molecule has 0 saturated carbocycles. The van der Waals surface area contributed by atoms with Crippen LogP contribution in [-0.4, -0.2) is 56.7 Å². The Hall–Kier alpha value is -4.22. The number of fused-ring (bicyclic) bond motifs is 1. The van der Waals surface area contributed by atoms with E-state index in [1.54, 1.807) is 0 Å². The highest BCUT2D eigenvalue weighted by atomic mass is 35.5. The van der Waals surface area contributed by atoms with Crippen LogP contribution >= 0.6 is 11.6 Å². The number of likely N-dealkylation sites (tertiary alicyclic amines) is 1. The van der Waals surface area contributed by atoms with E-state index in [1.165, 1.54) is 6.20 Å². The number of carbonyl (C=O) groups excluding carboxylic acids is 1. The summed E-state index contributed by atoms with van der Waals surface area (Å²) in [5.41, 5.74) is 4.76. The van der Waals surface area contributed by atoms with Gasteiger partial charge in [0, 0.05) is 41.8 Å². The summed E-state index contributed by atoms with van der Waals surface area (Å²) in [6.07, 6.45) is 1.52. The third-order valence-electron chi connectivity index (χ3n) is 9.72. The van der Waals surface area contributed by atoms with E-state index < -0.39 is 11.9 Å². The van der Waals surface area contributed by atoms with Crippen LogP contribution in [-0.2, 0) is 21.7 Å². The fraction of sp³-hybridized carbons (Fsp3) is 0.308. The fourth-order valence-electron chi connectivity index (χ4n) is 6.76. The van der Waals surface area contributed by atoms with E-state index >= 15 is 0 Å². The van der Waals surface area contributed by atoms with Crippen molar-refractivity contribution in [1.82, 2.24) is 14.9 Å². The molecule has 0 aliphatic carbocycles. The minimum atomic E-state index is -0.897. The number of aliphatic hydroxyl groups is 2. The Bertz CT molecular complexity index is 1910. The van der Waals surface area contributed by atoms with Crippen molar-refractivity contribution >= 4 is 34.2 Å². The van der Waals surface area contributed by atoms with E-state index in [0.717, 1.165) is 27.8 Å². The summed E-state index contributed by atoms with van der Waals surface area (Å²) >= 11 is 6.09. The van der Waals surface area contributed by atoms with E-state index in [4.69, 9.17) is 21.1 Å². The largest absolute Gasteiger partial charge is 0.392 e. The van der Waals surface area contributed by atoms with Gasteiger partial charge in [0.25, 0.3) is 5.91 Å². The molecule has 2 saturated heterocycles. The zero-order valence-corrected chi connectivity index (χ0v) is 28.0. The first-order valence-corrected chi connectivity index (χ1v) is 17.0. The molecule has 9 nitrogen and oxygen atoms in total. The van der Waals surface area contributed by atoms with Crippen LogP contribution in [0.1, 0.15) is 64.9 Å². The van der Waals surface area contributed by atoms with Gasteiger partial charge in [-0.2, -0.15) is 0 Å². The molecule has 0 radical (unpaired) electrons. The van der Waals surface area contributed by atoms with E-state index in [0.29, 0.717) is 48.7 Å². The van der Waals surface area contributed by atoms with E-state index in [9.17, 15) is 15.0 Å². The standard InChI is InChI=1S/C39H39ClN4O5/c1-25-35(23-44-19-17-39(47,18-20-44)29-13-15-30(40)16-14-29)48-38(49-36(25)27-11-9-26(24-45)10-12-27)28-5-4-6-31(21-28)42-37(46)34-22-41-32-7-2-3-8-33(32)43-34/h2-16,21-22,25,35-36,38,45,47H,17-20,23-24H2,1H3,(H,42,46). The highest BCUT2D eigenvalue weighted by Crippen LogP contribution is 2.43. The Morgan fingerprint density at radius 1 is 0.939 bits per heavy atom. The topological polar surface area (TPSA) is 117 Å². The Labute approximate surface area is 290 Å². The number of para-hydroxylation sites is 2. The first-order chi connectivity index (χ1) is 23.8. The third-order valence-corrected chi connectivity index (χ3v) is 9.98. The summed E-state index contributed by atoms with van der Waals surface area (Å²) in [7, 11) is 0. The van der Waals surface area contributed by atoms with Gasteiger partial charge in [0.1, 0.15) is 5.69 Å². The number of aliphatic hydroxyl groups excluding tert-OH is 1. The van der Waals surface area contributed by atoms with Gasteiger partial charge < -0.3 is 29.9 Å². The molecule has 3 heterocycles. The lowest BCUT2D eigenvalue weighted by Crippen LogP contribution is -2.49. The molecule has 2 fully saturated rings. The molecule has 2 aliphatic heterocycles. The Balaban J connectivity index is 1.09. The monoisotopic (exact) mass is 678 g/mol. The smallest absolute Gasteiger partial charge is 0.275 e. The molecule has 1 aromatic heterocycles. The number of hydrogen-bond donors (Lipinski definition) is 3. The molecule has 1 amide bonds. The summed E-state index contributed by atoms with van der Waals surface area (Å²) in [5, 5.41) is 24.7. The lowest BCUT2D eigenvalue weighted by Gasteiger charge is -2.45. The second kappa shape index (κ2) is 14.3. The zero-order chi connectivity index (χ0) is 34.0. The van der Waals surface area contributed by atoms with E-state index in [1.807, 2.05) is 97.1 Å². The molecule has 3 N–H and O–H groups in total. The molecule has 2 aliphatic rings. The Kier molecular flexibility index (Phi) is 9.73. The lowest BCUT2D eigenvalue weighted by atomic mass is 9.84. The van der Waals surface area contributed by atoms with Gasteiger partial charge in [-0.3, -0.25) is 9.78 Å². The molecule has 4 aromatic carbocycles. The lowest BCUT2D eigenvalue weighted by molar-refractivity contribution is -0.277. The molecule has 49 heavy (non-hydrogen) atoms. The molecule has 0 bridgehead atoms. The van der Waals surface area contributed by atoms with Crippen LogP contribution in [0.4, 0.5) is 5.69 Å². The molecule has 252 valence electrons. The molecular weight excluding hydrogens is 640 g/mol. The maximum atomic E-state index is 13.2. The highest BCUT2D eigenvalue weighted by Gasteiger charge is 2.41. The number of amides is 1. The number of rotatable bonds is 8. The van der Waals surface area contributed by atoms with Crippen LogP contribution in [0, 0.1) is 5.92 Å². The van der Waals surface area contributed by atoms with Crippen molar-refractivity contribution < 1.29 is 24.5 Å². The summed E-state index contributed by atoms with van der Waals surface area (Å²) in [6.45, 7) is 4.20. The van der Waals surface area contributed by atoms with Crippen LogP contribution in [0.2, 0.25) is 5.02 Å². The molecular formula is C39H39ClN4O5. The Morgan fingerprint density at radius 3 is 2.41 bits per heavy atom. The first kappa shape index (κ1) is 33.3. The highest BCUT2D eigenvalue weighted by molar-refractivity contribution is 6.30. The number of anilines is 1. The van der Waals surface area contributed by atoms with Gasteiger partial charge in [-0.05, 0) is 65.9 Å². The van der Waals surface area contributed by atoms with E-state index in [-0.39, 0.29) is 36.3 Å². The predicted molar refractivity (Wildman–Crippen MR) is 188 cm³/mol. The maximum Gasteiger partial charge on any atom is 0.275 e. The van der Waals surface area contributed by atoms with Gasteiger partial charge in [-0.15, -0.1) is 0 Å². The van der Waals surface area contributed by atoms with Gasteiger partial charge in [0.2, 0.25) is 0 Å².